The Balaban J connectivity index is 1.14. The highest BCUT2D eigenvalue weighted by Crippen LogP contribution is 2.46. The molecule has 0 atom stereocenters. The summed E-state index contributed by atoms with van der Waals surface area (Å²) in [5.74, 6) is 0. The van der Waals surface area contributed by atoms with Crippen molar-refractivity contribution in [3.05, 3.63) is 164 Å². The molecule has 256 valence electrons. The molecule has 0 aliphatic carbocycles. The number of benzene rings is 7. The average Bonchev–Trinajstić information content (AvgIpc) is 3.62. The van der Waals surface area contributed by atoms with Gasteiger partial charge >= 0.3 is 0 Å². The van der Waals surface area contributed by atoms with Gasteiger partial charge in [-0.2, -0.15) is 0 Å². The summed E-state index contributed by atoms with van der Waals surface area (Å²) in [7, 11) is -3.67. The smallest absolute Gasteiger partial charge is 0.206 e. The van der Waals surface area contributed by atoms with Gasteiger partial charge in [-0.25, -0.2) is 9.97 Å². The molecule has 0 spiro atoms. The second kappa shape index (κ2) is 11.5. The second-order valence-corrected chi connectivity index (χ2v) is 17.9. The van der Waals surface area contributed by atoms with E-state index in [2.05, 4.69) is 84.9 Å². The monoisotopic (exact) mass is 738 g/mol. The molecule has 0 N–H and O–H groups in total. The lowest BCUT2D eigenvalue weighted by atomic mass is 9.93. The van der Waals surface area contributed by atoms with Crippen LogP contribution in [0.25, 0.3) is 96.1 Å². The highest BCUT2D eigenvalue weighted by Gasteiger charge is 2.34. The van der Waals surface area contributed by atoms with E-state index >= 15 is 4.57 Å². The van der Waals surface area contributed by atoms with Crippen molar-refractivity contribution in [2.75, 3.05) is 0 Å². The summed E-state index contributed by atoms with van der Waals surface area (Å²) in [6.07, 6.45) is 3.56. The average molecular weight is 739 g/mol. The topological polar surface area (TPSA) is 68.6 Å². The third-order valence-corrected chi connectivity index (χ3v) is 15.1. The Labute approximate surface area is 317 Å². The van der Waals surface area contributed by atoms with Crippen molar-refractivity contribution < 1.29 is 4.57 Å². The molecule has 0 saturated carbocycles. The second-order valence-electron chi connectivity index (χ2n) is 14.1. The predicted molar refractivity (Wildman–Crippen MR) is 232 cm³/mol. The van der Waals surface area contributed by atoms with Crippen molar-refractivity contribution in [2.24, 2.45) is 0 Å². The van der Waals surface area contributed by atoms with Crippen molar-refractivity contribution in [3.8, 4) is 0 Å². The molecule has 5 heterocycles. The first-order valence-corrected chi connectivity index (χ1v) is 20.7. The van der Waals surface area contributed by atoms with Crippen LogP contribution in [0.1, 0.15) is 0 Å². The molecular formula is C48H27N4OPS. The number of hydrogen-bond acceptors (Lipinski definition) is 6. The van der Waals surface area contributed by atoms with E-state index in [-0.39, 0.29) is 0 Å². The van der Waals surface area contributed by atoms with E-state index in [9.17, 15) is 0 Å². The van der Waals surface area contributed by atoms with Crippen LogP contribution in [0.2, 0.25) is 0 Å². The van der Waals surface area contributed by atoms with Gasteiger partial charge in [0.2, 0.25) is 7.14 Å². The summed E-state index contributed by atoms with van der Waals surface area (Å²) in [4.78, 5) is 19.8. The van der Waals surface area contributed by atoms with Crippen LogP contribution in [0.3, 0.4) is 0 Å². The van der Waals surface area contributed by atoms with Gasteiger partial charge in [-0.15, -0.1) is 11.3 Å². The van der Waals surface area contributed by atoms with E-state index < -0.39 is 7.14 Å². The summed E-state index contributed by atoms with van der Waals surface area (Å²) in [6.45, 7) is 0. The number of nitrogens with zero attached hydrogens (tertiary/aromatic N) is 4. The van der Waals surface area contributed by atoms with Crippen LogP contribution in [0, 0.1) is 0 Å². The molecule has 0 fully saturated rings. The Morgan fingerprint density at radius 3 is 1.42 bits per heavy atom. The first-order valence-electron chi connectivity index (χ1n) is 18.2. The van der Waals surface area contributed by atoms with Gasteiger partial charge in [0.15, 0.2) is 0 Å². The van der Waals surface area contributed by atoms with Gasteiger partial charge in [0.05, 0.1) is 22.1 Å². The summed E-state index contributed by atoms with van der Waals surface area (Å²) in [5, 5.41) is 14.3. The molecule has 5 aromatic heterocycles. The largest absolute Gasteiger partial charge is 0.305 e. The van der Waals surface area contributed by atoms with E-state index in [1.54, 1.807) is 23.7 Å². The van der Waals surface area contributed by atoms with Gasteiger partial charge in [0.25, 0.3) is 0 Å². The molecule has 0 radical (unpaired) electrons. The summed E-state index contributed by atoms with van der Waals surface area (Å²) in [6, 6.07) is 52.3. The van der Waals surface area contributed by atoms with E-state index in [0.717, 1.165) is 53.7 Å². The zero-order valence-corrected chi connectivity index (χ0v) is 30.9. The lowest BCUT2D eigenvalue weighted by Gasteiger charge is -2.19. The van der Waals surface area contributed by atoms with Crippen molar-refractivity contribution in [2.45, 2.75) is 0 Å². The van der Waals surface area contributed by atoms with Gasteiger partial charge in [0, 0.05) is 59.4 Å². The first-order chi connectivity index (χ1) is 27.1. The van der Waals surface area contributed by atoms with E-state index in [1.165, 1.54) is 42.4 Å². The molecule has 0 bridgehead atoms. The Kier molecular flexibility index (Phi) is 6.42. The molecule has 12 aromatic rings. The van der Waals surface area contributed by atoms with Crippen LogP contribution >= 0.6 is 18.5 Å². The van der Waals surface area contributed by atoms with Crippen LogP contribution in [0.5, 0.6) is 0 Å². The molecule has 0 saturated heterocycles. The maximum absolute atomic E-state index is 16.4. The minimum absolute atomic E-state index is 0.474. The molecule has 12 rings (SSSR count). The zero-order chi connectivity index (χ0) is 36.3. The predicted octanol–water partition coefficient (Wildman–Crippen LogP) is 11.3. The Morgan fingerprint density at radius 1 is 0.382 bits per heavy atom. The first kappa shape index (κ1) is 30.8. The quantitative estimate of drug-likeness (QED) is 0.133. The molecule has 0 aliphatic heterocycles. The maximum Gasteiger partial charge on any atom is 0.206 e. The SMILES string of the molecule is O=P(c1ccc2c(c1)sc1cc3c4ccccc4c4ccccc4c3cc12)(c1ccc2ccc3cccnc3c2n1)c1ccc2ccc3cccnc3c2n1. The highest BCUT2D eigenvalue weighted by atomic mass is 32.1. The fourth-order valence-corrected chi connectivity index (χ4v) is 12.2. The van der Waals surface area contributed by atoms with Crippen LogP contribution in [0.4, 0.5) is 0 Å². The van der Waals surface area contributed by atoms with Crippen LogP contribution in [-0.4, -0.2) is 19.9 Å². The van der Waals surface area contributed by atoms with Crippen molar-refractivity contribution in [1.29, 1.82) is 0 Å². The zero-order valence-electron chi connectivity index (χ0n) is 29.1. The lowest BCUT2D eigenvalue weighted by Crippen LogP contribution is -2.29. The van der Waals surface area contributed by atoms with Gasteiger partial charge in [-0.05, 0) is 74.8 Å². The van der Waals surface area contributed by atoms with Crippen LogP contribution < -0.4 is 16.2 Å². The molecule has 55 heavy (non-hydrogen) atoms. The van der Waals surface area contributed by atoms with Crippen LogP contribution in [-0.2, 0) is 4.57 Å². The standard InChI is InChI=1S/C48H27N4OPS/c53-54(43-21-17-30-15-13-28-7-5-23-49-45(28)47(30)51-43,44-22-18-31-16-14-29-8-6-24-50-46(29)48(31)52-44)32-19-20-37-40-26-38-35-11-3-1-9-33(35)34-10-2-4-12-36(34)39(38)27-42(40)55-41(37)25-32/h1-27H. The van der Waals surface area contributed by atoms with Gasteiger partial charge in [-0.3, -0.25) is 9.97 Å². The van der Waals surface area contributed by atoms with E-state index in [4.69, 9.17) is 19.9 Å². The summed E-state index contributed by atoms with van der Waals surface area (Å²) >= 11 is 1.74. The molecule has 0 amide bonds. The number of fused-ring (bicyclic) bond motifs is 15. The van der Waals surface area contributed by atoms with Crippen LogP contribution in [0.15, 0.2) is 164 Å². The Hall–Kier alpha value is -6.59. The third-order valence-electron chi connectivity index (χ3n) is 11.2. The van der Waals surface area contributed by atoms with Gasteiger partial charge < -0.3 is 4.57 Å². The molecule has 0 aliphatic rings. The normalized spacial score (nSPS) is 12.4. The fourth-order valence-electron chi connectivity index (χ4n) is 8.52. The molecule has 7 aromatic carbocycles. The molecule has 0 unspecified atom stereocenters. The molecule has 7 heteroatoms. The van der Waals surface area contributed by atoms with Crippen molar-refractivity contribution in [3.63, 3.8) is 0 Å². The number of thiophene rings is 1. The number of hydrogen-bond donors (Lipinski definition) is 0. The third kappa shape index (κ3) is 4.44. The van der Waals surface area contributed by atoms with Crippen molar-refractivity contribution >= 4 is 131 Å². The Bertz CT molecular complexity index is 3550. The Morgan fingerprint density at radius 2 is 0.855 bits per heavy atom. The van der Waals surface area contributed by atoms with E-state index in [0.29, 0.717) is 16.2 Å². The molecular weight excluding hydrogens is 712 g/mol. The minimum atomic E-state index is -3.67. The number of pyridine rings is 4. The maximum atomic E-state index is 16.4. The van der Waals surface area contributed by atoms with Gasteiger partial charge in [0.1, 0.15) is 10.9 Å². The number of aromatic nitrogens is 4. The minimum Gasteiger partial charge on any atom is -0.305 e. The number of rotatable bonds is 3. The molecule has 5 nitrogen and oxygen atoms in total. The van der Waals surface area contributed by atoms with E-state index in [1.807, 2.05) is 66.7 Å². The summed E-state index contributed by atoms with van der Waals surface area (Å²) in [5.41, 5.74) is 3.95. The fraction of sp³-hybridized carbons (Fsp3) is 0. The van der Waals surface area contributed by atoms with Gasteiger partial charge in [-0.1, -0.05) is 109 Å². The van der Waals surface area contributed by atoms with Crippen molar-refractivity contribution in [1.82, 2.24) is 19.9 Å². The lowest BCUT2D eigenvalue weighted by molar-refractivity contribution is 0.591. The summed E-state index contributed by atoms with van der Waals surface area (Å²) < 4.78 is 18.6. The highest BCUT2D eigenvalue weighted by molar-refractivity contribution is 7.85.